The van der Waals surface area contributed by atoms with Gasteiger partial charge in [0.05, 0.1) is 4.90 Å². The Morgan fingerprint density at radius 2 is 1.50 bits per heavy atom. The summed E-state index contributed by atoms with van der Waals surface area (Å²) in [5.41, 5.74) is 0.945. The maximum Gasteiger partial charge on any atom is 0.328 e. The van der Waals surface area contributed by atoms with Crippen molar-refractivity contribution in [2.45, 2.75) is 64.7 Å². The minimum atomic E-state index is -3.86. The highest BCUT2D eigenvalue weighted by atomic mass is 32.2. The van der Waals surface area contributed by atoms with Gasteiger partial charge >= 0.3 is 6.03 Å². The topological polar surface area (TPSA) is 75.3 Å². The summed E-state index contributed by atoms with van der Waals surface area (Å²) in [7, 11) is -3.86. The zero-order valence-corrected chi connectivity index (χ0v) is 16.4. The quantitative estimate of drug-likeness (QED) is 0.816. The number of amides is 2. The number of nitrogens with one attached hydrogen (secondary N) is 2. The van der Waals surface area contributed by atoms with Crippen LogP contribution >= 0.6 is 0 Å². The number of hydrogen-bond donors (Lipinski definition) is 2. The molecule has 24 heavy (non-hydrogen) atoms. The van der Waals surface area contributed by atoms with Gasteiger partial charge in [0.15, 0.2) is 0 Å². The minimum Gasteiger partial charge on any atom is -0.337 e. The molecule has 0 bridgehead atoms. The average Bonchev–Trinajstić information content (AvgIpc) is 2.51. The molecule has 0 aliphatic heterocycles. The van der Waals surface area contributed by atoms with E-state index in [9.17, 15) is 13.2 Å². The molecular weight excluding hydrogens is 324 g/mol. The Morgan fingerprint density at radius 1 is 1.00 bits per heavy atom. The van der Waals surface area contributed by atoms with Crippen molar-refractivity contribution in [1.29, 1.82) is 0 Å². The van der Waals surface area contributed by atoms with Crippen LogP contribution in [-0.4, -0.2) is 21.0 Å². The predicted molar refractivity (Wildman–Crippen MR) is 97.6 cm³/mol. The summed E-state index contributed by atoms with van der Waals surface area (Å²) >= 11 is 0. The lowest BCUT2D eigenvalue weighted by Crippen LogP contribution is -2.43. The average molecular weight is 355 g/mol. The molecule has 0 fully saturated rings. The monoisotopic (exact) mass is 354 g/mol. The highest BCUT2D eigenvalue weighted by Gasteiger charge is 2.23. The van der Waals surface area contributed by atoms with E-state index in [1.54, 1.807) is 12.1 Å². The molecule has 0 aromatic heterocycles. The molecule has 0 heterocycles. The van der Waals surface area contributed by atoms with E-state index in [1.807, 2.05) is 0 Å². The molecule has 0 unspecified atom stereocenters. The van der Waals surface area contributed by atoms with E-state index in [-0.39, 0.29) is 15.7 Å². The Bertz CT molecular complexity index is 654. The molecule has 136 valence electrons. The molecule has 0 aliphatic carbocycles. The summed E-state index contributed by atoms with van der Waals surface area (Å²) in [6.07, 6.45) is 1.82. The van der Waals surface area contributed by atoms with Crippen LogP contribution in [0.5, 0.6) is 0 Å². The Balaban J connectivity index is 2.77. The molecule has 1 rings (SSSR count). The van der Waals surface area contributed by atoms with E-state index >= 15 is 0 Å². The van der Waals surface area contributed by atoms with Gasteiger partial charge < -0.3 is 5.32 Å². The summed E-state index contributed by atoms with van der Waals surface area (Å²) in [6, 6.07) is 5.91. The molecule has 0 saturated carbocycles. The third-order valence-corrected chi connectivity index (χ3v) is 5.99. The van der Waals surface area contributed by atoms with Crippen LogP contribution in [0, 0.1) is 5.41 Å². The molecule has 2 amide bonds. The van der Waals surface area contributed by atoms with E-state index in [2.05, 4.69) is 51.6 Å². The van der Waals surface area contributed by atoms with Crippen molar-refractivity contribution in [2.75, 3.05) is 6.54 Å². The van der Waals surface area contributed by atoms with Crippen LogP contribution in [-0.2, 0) is 15.4 Å². The van der Waals surface area contributed by atoms with Gasteiger partial charge in [-0.15, -0.1) is 0 Å². The van der Waals surface area contributed by atoms with Crippen LogP contribution in [0.3, 0.4) is 0 Å². The number of hydrogen-bond acceptors (Lipinski definition) is 3. The van der Waals surface area contributed by atoms with Gasteiger partial charge in [0.2, 0.25) is 0 Å². The molecule has 2 N–H and O–H groups in total. The van der Waals surface area contributed by atoms with Crippen molar-refractivity contribution in [3.8, 4) is 0 Å². The number of rotatable bonds is 6. The maximum absolute atomic E-state index is 12.3. The summed E-state index contributed by atoms with van der Waals surface area (Å²) in [5.74, 6) is 0. The van der Waals surface area contributed by atoms with Crippen LogP contribution < -0.4 is 10.0 Å². The number of carbonyl (C=O) groups excluding carboxylic acids is 1. The molecule has 0 aliphatic rings. The lowest BCUT2D eigenvalue weighted by molar-refractivity contribution is 0.232. The second-order valence-electron chi connectivity index (χ2n) is 7.58. The van der Waals surface area contributed by atoms with Crippen molar-refractivity contribution in [1.82, 2.24) is 10.0 Å². The van der Waals surface area contributed by atoms with Gasteiger partial charge in [-0.25, -0.2) is 17.9 Å². The van der Waals surface area contributed by atoms with Crippen LogP contribution in [0.4, 0.5) is 4.79 Å². The highest BCUT2D eigenvalue weighted by Crippen LogP contribution is 2.24. The van der Waals surface area contributed by atoms with E-state index in [0.717, 1.165) is 18.4 Å². The lowest BCUT2D eigenvalue weighted by Gasteiger charge is -2.26. The van der Waals surface area contributed by atoms with E-state index in [1.165, 1.54) is 12.1 Å². The number of carbonyl (C=O) groups is 1. The van der Waals surface area contributed by atoms with Crippen LogP contribution in [0.2, 0.25) is 0 Å². The third-order valence-electron chi connectivity index (χ3n) is 4.64. The first kappa shape index (κ1) is 20.5. The summed E-state index contributed by atoms with van der Waals surface area (Å²) in [5, 5.41) is 2.66. The first-order chi connectivity index (χ1) is 10.9. The van der Waals surface area contributed by atoms with Crippen molar-refractivity contribution < 1.29 is 13.2 Å². The largest absolute Gasteiger partial charge is 0.337 e. The van der Waals surface area contributed by atoms with Gasteiger partial charge in [-0.1, -0.05) is 53.7 Å². The number of urea groups is 1. The van der Waals surface area contributed by atoms with Gasteiger partial charge in [-0.2, -0.15) is 0 Å². The van der Waals surface area contributed by atoms with Crippen molar-refractivity contribution in [3.63, 3.8) is 0 Å². The lowest BCUT2D eigenvalue weighted by atomic mass is 9.85. The summed E-state index contributed by atoms with van der Waals surface area (Å²) in [4.78, 5) is 12.0. The molecule has 0 spiro atoms. The Labute approximate surface area is 146 Å². The fourth-order valence-electron chi connectivity index (χ4n) is 2.14. The fourth-order valence-corrected chi connectivity index (χ4v) is 3.07. The standard InChI is InChI=1S/C18H30N2O3S/c1-7-18(6,8-2)13-19-16(21)20-24(22,23)15-11-9-14(10-12-15)17(3,4)5/h9-12H,7-8,13H2,1-6H3,(H2,19,20,21). The SMILES string of the molecule is CCC(C)(CC)CNC(=O)NS(=O)(=O)c1ccc(C(C)(C)C)cc1. The third kappa shape index (κ3) is 5.51. The van der Waals surface area contributed by atoms with Crippen LogP contribution in [0.1, 0.15) is 59.9 Å². The smallest absolute Gasteiger partial charge is 0.328 e. The Hall–Kier alpha value is -1.56. The van der Waals surface area contributed by atoms with Gasteiger partial charge in [0.1, 0.15) is 0 Å². The van der Waals surface area contributed by atoms with E-state index < -0.39 is 16.1 Å². The molecule has 0 radical (unpaired) electrons. The summed E-state index contributed by atoms with van der Waals surface area (Å²) in [6.45, 7) is 12.8. The van der Waals surface area contributed by atoms with Crippen molar-refractivity contribution >= 4 is 16.1 Å². The molecule has 0 atom stereocenters. The zero-order chi connectivity index (χ0) is 18.6. The second-order valence-corrected chi connectivity index (χ2v) is 9.26. The first-order valence-electron chi connectivity index (χ1n) is 8.35. The highest BCUT2D eigenvalue weighted by molar-refractivity contribution is 7.90. The molecule has 1 aromatic carbocycles. The van der Waals surface area contributed by atoms with Gasteiger partial charge in [0.25, 0.3) is 10.0 Å². The Kier molecular flexibility index (Phi) is 6.45. The van der Waals surface area contributed by atoms with E-state index in [4.69, 9.17) is 0 Å². The van der Waals surface area contributed by atoms with Gasteiger partial charge in [0, 0.05) is 6.54 Å². The molecule has 5 nitrogen and oxygen atoms in total. The number of benzene rings is 1. The Morgan fingerprint density at radius 3 is 1.92 bits per heavy atom. The summed E-state index contributed by atoms with van der Waals surface area (Å²) < 4.78 is 26.7. The normalized spacial score (nSPS) is 12.8. The maximum atomic E-state index is 12.3. The van der Waals surface area contributed by atoms with Crippen molar-refractivity contribution in [3.05, 3.63) is 29.8 Å². The first-order valence-corrected chi connectivity index (χ1v) is 9.83. The van der Waals surface area contributed by atoms with Gasteiger partial charge in [-0.05, 0) is 41.4 Å². The van der Waals surface area contributed by atoms with E-state index in [0.29, 0.717) is 6.54 Å². The van der Waals surface area contributed by atoms with Crippen LogP contribution in [0.25, 0.3) is 0 Å². The molecule has 0 saturated heterocycles. The molecular formula is C18H30N2O3S. The predicted octanol–water partition coefficient (Wildman–Crippen LogP) is 3.80. The zero-order valence-electron chi connectivity index (χ0n) is 15.6. The molecule has 6 heteroatoms. The minimum absolute atomic E-state index is 0.0323. The number of sulfonamides is 1. The molecule has 1 aromatic rings. The van der Waals surface area contributed by atoms with Crippen molar-refractivity contribution in [2.24, 2.45) is 5.41 Å². The van der Waals surface area contributed by atoms with Crippen LogP contribution in [0.15, 0.2) is 29.2 Å². The van der Waals surface area contributed by atoms with Gasteiger partial charge in [-0.3, -0.25) is 0 Å². The second kappa shape index (κ2) is 7.55. The fraction of sp³-hybridized carbons (Fsp3) is 0.611.